The van der Waals surface area contributed by atoms with Gasteiger partial charge < -0.3 is 11.2 Å². The number of nitrogens with two attached hydrogens (primary N) is 1. The molecule has 1 aromatic carbocycles. The van der Waals surface area contributed by atoms with Crippen molar-refractivity contribution in [2.75, 3.05) is 16.9 Å². The average Bonchev–Trinajstić information content (AvgIpc) is 2.82. The molecule has 1 aromatic heterocycles. The molecule has 1 amide bonds. The Hall–Kier alpha value is -1.44. The molecule has 0 aliphatic rings. The van der Waals surface area contributed by atoms with Crippen molar-refractivity contribution in [2.45, 2.75) is 31.3 Å². The molecule has 2 rings (SSSR count). The molecule has 0 radical (unpaired) electrons. The van der Waals surface area contributed by atoms with Crippen molar-refractivity contribution in [2.24, 2.45) is 0 Å². The molecule has 0 unspecified atom stereocenters. The summed E-state index contributed by atoms with van der Waals surface area (Å²) in [6.07, 6.45) is 0. The summed E-state index contributed by atoms with van der Waals surface area (Å²) in [6.45, 7) is 5.97. The smallest absolute Gasteiger partial charge is 0.234 e. The van der Waals surface area contributed by atoms with Crippen molar-refractivity contribution in [3.8, 4) is 0 Å². The second-order valence-electron chi connectivity index (χ2n) is 5.89. The van der Waals surface area contributed by atoms with Crippen LogP contribution in [0.15, 0.2) is 23.4 Å². The van der Waals surface area contributed by atoms with Crippen LogP contribution in [0.5, 0.6) is 0 Å². The fourth-order valence-corrected chi connectivity index (χ4v) is 2.79. The van der Waals surface area contributed by atoms with Crippen LogP contribution in [0.2, 0.25) is 10.0 Å². The van der Waals surface area contributed by atoms with Gasteiger partial charge in [0.2, 0.25) is 11.1 Å². The highest BCUT2D eigenvalue weighted by Crippen LogP contribution is 2.26. The van der Waals surface area contributed by atoms with Crippen LogP contribution in [0.25, 0.3) is 0 Å². The molecule has 0 aliphatic carbocycles. The minimum absolute atomic E-state index is 0.127. The summed E-state index contributed by atoms with van der Waals surface area (Å²) < 4.78 is 1.41. The monoisotopic (exact) mass is 373 g/mol. The first kappa shape index (κ1) is 17.9. The van der Waals surface area contributed by atoms with E-state index in [1.807, 2.05) is 20.8 Å². The lowest BCUT2D eigenvalue weighted by atomic mass is 9.96. The zero-order valence-corrected chi connectivity index (χ0v) is 15.3. The molecule has 3 N–H and O–H groups in total. The first-order chi connectivity index (χ1) is 10.7. The van der Waals surface area contributed by atoms with Crippen molar-refractivity contribution >= 4 is 46.6 Å². The Kier molecular flexibility index (Phi) is 5.44. The van der Waals surface area contributed by atoms with Crippen LogP contribution in [0.1, 0.15) is 26.6 Å². The van der Waals surface area contributed by atoms with E-state index in [4.69, 9.17) is 29.0 Å². The maximum Gasteiger partial charge on any atom is 0.234 e. The number of nitrogens with zero attached hydrogens (tertiary/aromatic N) is 3. The Morgan fingerprint density at radius 1 is 1.35 bits per heavy atom. The molecular formula is C14H17Cl2N5OS. The van der Waals surface area contributed by atoms with Gasteiger partial charge in [0, 0.05) is 10.4 Å². The van der Waals surface area contributed by atoms with E-state index in [9.17, 15) is 4.79 Å². The summed E-state index contributed by atoms with van der Waals surface area (Å²) in [4.78, 5) is 12.0. The highest BCUT2D eigenvalue weighted by Gasteiger charge is 2.23. The van der Waals surface area contributed by atoms with Gasteiger partial charge in [-0.15, -0.1) is 10.2 Å². The highest BCUT2D eigenvalue weighted by molar-refractivity contribution is 7.99. The molecule has 9 heteroatoms. The third-order valence-electron chi connectivity index (χ3n) is 2.87. The van der Waals surface area contributed by atoms with E-state index < -0.39 is 0 Å². The first-order valence-electron chi connectivity index (χ1n) is 6.77. The Morgan fingerprint density at radius 3 is 2.65 bits per heavy atom. The minimum atomic E-state index is -0.237. The number of rotatable bonds is 4. The normalized spacial score (nSPS) is 11.5. The van der Waals surface area contributed by atoms with E-state index in [1.165, 1.54) is 16.4 Å². The number of hydrogen-bond donors (Lipinski definition) is 2. The SMILES string of the molecule is CC(C)(C)c1nnc(SCC(=O)Nc2cc(Cl)ccc2Cl)n1N. The summed E-state index contributed by atoms with van der Waals surface area (Å²) in [5, 5.41) is 12.2. The summed E-state index contributed by atoms with van der Waals surface area (Å²) in [5.74, 6) is 6.51. The standard InChI is InChI=1S/C14H17Cl2N5OS/c1-14(2,3)12-19-20-13(21(12)17)23-7-11(22)18-10-6-8(15)4-5-9(10)16/h4-6H,7,17H2,1-3H3,(H,18,22). The molecule has 23 heavy (non-hydrogen) atoms. The number of amides is 1. The lowest BCUT2D eigenvalue weighted by Crippen LogP contribution is -2.24. The molecule has 6 nitrogen and oxygen atoms in total. The predicted molar refractivity (Wildman–Crippen MR) is 94.7 cm³/mol. The van der Waals surface area contributed by atoms with E-state index in [0.29, 0.717) is 26.7 Å². The van der Waals surface area contributed by atoms with Gasteiger partial charge >= 0.3 is 0 Å². The number of thioether (sulfide) groups is 1. The number of anilines is 1. The molecule has 2 aromatic rings. The number of aromatic nitrogens is 3. The van der Waals surface area contributed by atoms with Gasteiger partial charge in [-0.25, -0.2) is 4.68 Å². The van der Waals surface area contributed by atoms with Crippen LogP contribution in [0.3, 0.4) is 0 Å². The van der Waals surface area contributed by atoms with Crippen LogP contribution in [0.4, 0.5) is 5.69 Å². The zero-order chi connectivity index (χ0) is 17.2. The number of hydrogen-bond acceptors (Lipinski definition) is 5. The summed E-state index contributed by atoms with van der Waals surface area (Å²) >= 11 is 13.1. The molecule has 0 bridgehead atoms. The van der Waals surface area contributed by atoms with E-state index in [2.05, 4.69) is 15.5 Å². The number of nitrogen functional groups attached to an aromatic ring is 1. The topological polar surface area (TPSA) is 85.8 Å². The van der Waals surface area contributed by atoms with E-state index in [1.54, 1.807) is 18.2 Å². The number of nitrogens with one attached hydrogen (secondary N) is 1. The molecular weight excluding hydrogens is 357 g/mol. The largest absolute Gasteiger partial charge is 0.336 e. The number of carbonyl (C=O) groups is 1. The maximum atomic E-state index is 12.0. The quantitative estimate of drug-likeness (QED) is 0.633. The Labute approximate surface area is 148 Å². The Morgan fingerprint density at radius 2 is 2.04 bits per heavy atom. The third-order valence-corrected chi connectivity index (χ3v) is 4.38. The summed E-state index contributed by atoms with van der Waals surface area (Å²) in [7, 11) is 0. The van der Waals surface area contributed by atoms with Gasteiger partial charge in [-0.05, 0) is 18.2 Å². The van der Waals surface area contributed by atoms with Gasteiger partial charge in [-0.1, -0.05) is 55.7 Å². The Balaban J connectivity index is 2.00. The summed E-state index contributed by atoms with van der Waals surface area (Å²) in [6, 6.07) is 4.87. The second kappa shape index (κ2) is 6.98. The van der Waals surface area contributed by atoms with Gasteiger partial charge in [-0.3, -0.25) is 4.79 Å². The van der Waals surface area contributed by atoms with Crippen LogP contribution in [-0.2, 0) is 10.2 Å². The van der Waals surface area contributed by atoms with E-state index >= 15 is 0 Å². The summed E-state index contributed by atoms with van der Waals surface area (Å²) in [5.41, 5.74) is 0.242. The zero-order valence-electron chi connectivity index (χ0n) is 12.9. The van der Waals surface area contributed by atoms with Crippen LogP contribution in [0, 0.1) is 0 Å². The maximum absolute atomic E-state index is 12.0. The molecule has 0 fully saturated rings. The third kappa shape index (κ3) is 4.53. The first-order valence-corrected chi connectivity index (χ1v) is 8.51. The molecule has 0 saturated carbocycles. The van der Waals surface area contributed by atoms with Gasteiger partial charge in [0.25, 0.3) is 0 Å². The fourth-order valence-electron chi connectivity index (χ4n) is 1.80. The van der Waals surface area contributed by atoms with Gasteiger partial charge in [0.1, 0.15) is 0 Å². The van der Waals surface area contributed by atoms with E-state index in [-0.39, 0.29) is 17.1 Å². The molecule has 0 saturated heterocycles. The van der Waals surface area contributed by atoms with Crippen LogP contribution < -0.4 is 11.2 Å². The number of halogens is 2. The average molecular weight is 374 g/mol. The molecule has 0 aliphatic heterocycles. The van der Waals surface area contributed by atoms with Crippen molar-refractivity contribution in [1.82, 2.24) is 14.9 Å². The predicted octanol–water partition coefficient (Wildman–Crippen LogP) is 3.33. The minimum Gasteiger partial charge on any atom is -0.336 e. The van der Waals surface area contributed by atoms with E-state index in [0.717, 1.165) is 0 Å². The molecule has 0 spiro atoms. The van der Waals surface area contributed by atoms with Gasteiger partial charge in [0.05, 0.1) is 16.5 Å². The number of benzene rings is 1. The lowest BCUT2D eigenvalue weighted by Gasteiger charge is -2.16. The van der Waals surface area contributed by atoms with Gasteiger partial charge in [-0.2, -0.15) is 0 Å². The second-order valence-corrected chi connectivity index (χ2v) is 7.67. The van der Waals surface area contributed by atoms with Crippen LogP contribution in [-0.4, -0.2) is 26.5 Å². The fraction of sp³-hybridized carbons (Fsp3) is 0.357. The van der Waals surface area contributed by atoms with Crippen molar-refractivity contribution in [3.05, 3.63) is 34.1 Å². The molecule has 0 atom stereocenters. The highest BCUT2D eigenvalue weighted by atomic mass is 35.5. The molecule has 1 heterocycles. The van der Waals surface area contributed by atoms with Crippen LogP contribution >= 0.6 is 35.0 Å². The van der Waals surface area contributed by atoms with Gasteiger partial charge in [0.15, 0.2) is 5.82 Å². The molecule has 124 valence electrons. The lowest BCUT2D eigenvalue weighted by molar-refractivity contribution is -0.113. The van der Waals surface area contributed by atoms with Crippen molar-refractivity contribution in [3.63, 3.8) is 0 Å². The van der Waals surface area contributed by atoms with Crippen molar-refractivity contribution < 1.29 is 4.79 Å². The van der Waals surface area contributed by atoms with Crippen molar-refractivity contribution in [1.29, 1.82) is 0 Å². The Bertz CT molecular complexity index is 726. The number of carbonyl (C=O) groups excluding carboxylic acids is 1.